The lowest BCUT2D eigenvalue weighted by Gasteiger charge is -2.26. The molecule has 2 heterocycles. The monoisotopic (exact) mass is 246 g/mol. The number of ether oxygens (including phenoxy) is 1. The van der Waals surface area contributed by atoms with E-state index in [0.717, 1.165) is 56.1 Å². The Kier molecular flexibility index (Phi) is 3.17. The Morgan fingerprint density at radius 2 is 2.06 bits per heavy atom. The zero-order chi connectivity index (χ0) is 12.4. The minimum Gasteiger partial charge on any atom is -0.399 e. The van der Waals surface area contributed by atoms with Crippen LogP contribution in [-0.2, 0) is 11.3 Å². The maximum Gasteiger partial charge on any atom is 0.0958 e. The second-order valence-corrected chi connectivity index (χ2v) is 4.64. The Balaban J connectivity index is 1.70. The van der Waals surface area contributed by atoms with Crippen molar-refractivity contribution in [3.8, 4) is 0 Å². The molecule has 2 N–H and O–H groups in total. The van der Waals surface area contributed by atoms with Gasteiger partial charge in [0.1, 0.15) is 0 Å². The summed E-state index contributed by atoms with van der Waals surface area (Å²) in [5.41, 5.74) is 8.64. The van der Waals surface area contributed by atoms with E-state index in [0.29, 0.717) is 0 Å². The number of hydrogen-bond donors (Lipinski definition) is 1. The molecule has 1 fully saturated rings. The molecule has 5 heteroatoms. The van der Waals surface area contributed by atoms with E-state index in [4.69, 9.17) is 10.5 Å². The van der Waals surface area contributed by atoms with Crippen LogP contribution in [0.4, 0.5) is 5.69 Å². The molecule has 0 bridgehead atoms. The van der Waals surface area contributed by atoms with Crippen LogP contribution >= 0.6 is 0 Å². The molecule has 0 unspecified atom stereocenters. The lowest BCUT2D eigenvalue weighted by atomic mass is 10.3. The number of nitrogen functional groups attached to an aromatic ring is 1. The molecule has 0 atom stereocenters. The molecule has 0 saturated carbocycles. The van der Waals surface area contributed by atoms with Crippen molar-refractivity contribution in [3.05, 3.63) is 24.5 Å². The number of nitrogens with two attached hydrogens (primary N) is 1. The van der Waals surface area contributed by atoms with Crippen LogP contribution in [0.25, 0.3) is 11.0 Å². The molecule has 1 aromatic carbocycles. The summed E-state index contributed by atoms with van der Waals surface area (Å²) in [6.07, 6.45) is 1.89. The fourth-order valence-corrected chi connectivity index (χ4v) is 2.33. The normalized spacial score (nSPS) is 17.3. The third-order valence-electron chi connectivity index (χ3n) is 3.41. The second kappa shape index (κ2) is 4.96. The third kappa shape index (κ3) is 2.32. The largest absolute Gasteiger partial charge is 0.399 e. The number of hydrogen-bond acceptors (Lipinski definition) is 4. The van der Waals surface area contributed by atoms with Crippen LogP contribution in [0.15, 0.2) is 24.5 Å². The highest BCUT2D eigenvalue weighted by molar-refractivity contribution is 5.78. The first kappa shape index (κ1) is 11.5. The number of nitrogens with zero attached hydrogens (tertiary/aromatic N) is 3. The van der Waals surface area contributed by atoms with Crippen molar-refractivity contribution in [2.45, 2.75) is 6.54 Å². The first-order valence-corrected chi connectivity index (χ1v) is 6.33. The highest BCUT2D eigenvalue weighted by atomic mass is 16.5. The van der Waals surface area contributed by atoms with E-state index in [1.165, 1.54) is 0 Å². The average molecular weight is 246 g/mol. The summed E-state index contributed by atoms with van der Waals surface area (Å²) >= 11 is 0. The zero-order valence-electron chi connectivity index (χ0n) is 10.4. The van der Waals surface area contributed by atoms with Crippen LogP contribution in [0.1, 0.15) is 0 Å². The molecule has 1 saturated heterocycles. The van der Waals surface area contributed by atoms with E-state index in [2.05, 4.69) is 14.5 Å². The van der Waals surface area contributed by atoms with Gasteiger partial charge in [-0.2, -0.15) is 0 Å². The molecule has 1 aliphatic heterocycles. The van der Waals surface area contributed by atoms with Crippen LogP contribution < -0.4 is 5.73 Å². The number of morpholine rings is 1. The Morgan fingerprint density at radius 1 is 1.22 bits per heavy atom. The lowest BCUT2D eigenvalue weighted by molar-refractivity contribution is 0.0365. The molecule has 0 radical (unpaired) electrons. The first-order chi connectivity index (χ1) is 8.83. The molecular formula is C13H18N4O. The average Bonchev–Trinajstić information content (AvgIpc) is 2.80. The third-order valence-corrected chi connectivity index (χ3v) is 3.41. The van der Waals surface area contributed by atoms with E-state index >= 15 is 0 Å². The number of benzene rings is 1. The molecular weight excluding hydrogens is 228 g/mol. The smallest absolute Gasteiger partial charge is 0.0958 e. The SMILES string of the molecule is Nc1ccc2c(c1)ncn2CCN1CCOCC1. The van der Waals surface area contributed by atoms with Crippen LogP contribution in [0.5, 0.6) is 0 Å². The minimum absolute atomic E-state index is 0.765. The Morgan fingerprint density at radius 3 is 2.89 bits per heavy atom. The molecule has 2 aromatic rings. The molecule has 0 amide bonds. The first-order valence-electron chi connectivity index (χ1n) is 6.33. The van der Waals surface area contributed by atoms with E-state index in [-0.39, 0.29) is 0 Å². The maximum absolute atomic E-state index is 5.75. The lowest BCUT2D eigenvalue weighted by Crippen LogP contribution is -2.38. The topological polar surface area (TPSA) is 56.3 Å². The number of fused-ring (bicyclic) bond motifs is 1. The Bertz CT molecular complexity index is 531. The van der Waals surface area contributed by atoms with E-state index in [1.54, 1.807) is 0 Å². The van der Waals surface area contributed by atoms with Crippen LogP contribution in [0.2, 0.25) is 0 Å². The number of rotatable bonds is 3. The van der Waals surface area contributed by atoms with E-state index in [1.807, 2.05) is 24.5 Å². The summed E-state index contributed by atoms with van der Waals surface area (Å²) in [7, 11) is 0. The van der Waals surface area contributed by atoms with Crippen molar-refractivity contribution >= 4 is 16.7 Å². The quantitative estimate of drug-likeness (QED) is 0.819. The van der Waals surface area contributed by atoms with Crippen molar-refractivity contribution in [2.75, 3.05) is 38.6 Å². The minimum atomic E-state index is 0.765. The second-order valence-electron chi connectivity index (χ2n) is 4.64. The van der Waals surface area contributed by atoms with Gasteiger partial charge in [-0.3, -0.25) is 4.90 Å². The van der Waals surface area contributed by atoms with Crippen molar-refractivity contribution in [1.82, 2.24) is 14.5 Å². The van der Waals surface area contributed by atoms with Gasteiger partial charge in [0.05, 0.1) is 30.6 Å². The van der Waals surface area contributed by atoms with Crippen molar-refractivity contribution in [1.29, 1.82) is 0 Å². The Hall–Kier alpha value is -1.59. The van der Waals surface area contributed by atoms with Gasteiger partial charge in [0.15, 0.2) is 0 Å². The summed E-state index contributed by atoms with van der Waals surface area (Å²) < 4.78 is 7.53. The molecule has 5 nitrogen and oxygen atoms in total. The highest BCUT2D eigenvalue weighted by Crippen LogP contribution is 2.16. The summed E-state index contributed by atoms with van der Waals surface area (Å²) in [6.45, 7) is 5.75. The fourth-order valence-electron chi connectivity index (χ4n) is 2.33. The Labute approximate surface area is 106 Å². The van der Waals surface area contributed by atoms with Gasteiger partial charge < -0.3 is 15.0 Å². The summed E-state index contributed by atoms with van der Waals surface area (Å²) in [5, 5.41) is 0. The van der Waals surface area contributed by atoms with Crippen molar-refractivity contribution in [2.24, 2.45) is 0 Å². The molecule has 0 spiro atoms. The molecule has 1 aromatic heterocycles. The van der Waals surface area contributed by atoms with Crippen molar-refractivity contribution in [3.63, 3.8) is 0 Å². The van der Waals surface area contributed by atoms with Gasteiger partial charge in [-0.15, -0.1) is 0 Å². The number of aromatic nitrogens is 2. The van der Waals surface area contributed by atoms with Gasteiger partial charge in [-0.1, -0.05) is 0 Å². The molecule has 3 rings (SSSR count). The zero-order valence-corrected chi connectivity index (χ0v) is 10.4. The van der Waals surface area contributed by atoms with Crippen LogP contribution in [-0.4, -0.2) is 47.3 Å². The molecule has 96 valence electrons. The summed E-state index contributed by atoms with van der Waals surface area (Å²) in [4.78, 5) is 6.81. The van der Waals surface area contributed by atoms with Gasteiger partial charge in [0, 0.05) is 31.9 Å². The highest BCUT2D eigenvalue weighted by Gasteiger charge is 2.10. The molecule has 0 aliphatic carbocycles. The maximum atomic E-state index is 5.75. The standard InChI is InChI=1S/C13H18N4O/c14-11-1-2-13-12(9-11)15-10-17(13)4-3-16-5-7-18-8-6-16/h1-2,9-10H,3-8,14H2. The molecule has 1 aliphatic rings. The van der Waals surface area contributed by atoms with Gasteiger partial charge in [-0.25, -0.2) is 4.98 Å². The van der Waals surface area contributed by atoms with E-state index < -0.39 is 0 Å². The van der Waals surface area contributed by atoms with Gasteiger partial charge in [0.25, 0.3) is 0 Å². The van der Waals surface area contributed by atoms with Gasteiger partial charge in [0.2, 0.25) is 0 Å². The van der Waals surface area contributed by atoms with Gasteiger partial charge in [-0.05, 0) is 18.2 Å². The number of imidazole rings is 1. The predicted molar refractivity (Wildman–Crippen MR) is 71.4 cm³/mol. The number of anilines is 1. The molecule has 18 heavy (non-hydrogen) atoms. The predicted octanol–water partition coefficient (Wildman–Crippen LogP) is 0.951. The summed E-state index contributed by atoms with van der Waals surface area (Å²) in [6, 6.07) is 5.88. The van der Waals surface area contributed by atoms with Crippen molar-refractivity contribution < 1.29 is 4.74 Å². The van der Waals surface area contributed by atoms with E-state index in [9.17, 15) is 0 Å². The van der Waals surface area contributed by atoms with Crippen LogP contribution in [0.3, 0.4) is 0 Å². The summed E-state index contributed by atoms with van der Waals surface area (Å²) in [5.74, 6) is 0. The van der Waals surface area contributed by atoms with Crippen LogP contribution in [0, 0.1) is 0 Å². The van der Waals surface area contributed by atoms with Gasteiger partial charge >= 0.3 is 0 Å². The fraction of sp³-hybridized carbons (Fsp3) is 0.462.